The van der Waals surface area contributed by atoms with Gasteiger partial charge in [-0.15, -0.1) is 23.5 Å². The first-order valence-corrected chi connectivity index (χ1v) is 26.4. The summed E-state index contributed by atoms with van der Waals surface area (Å²) in [6, 6.07) is 42.0. The summed E-state index contributed by atoms with van der Waals surface area (Å²) in [6.45, 7) is 41.0. The summed E-state index contributed by atoms with van der Waals surface area (Å²) < 4.78 is 20.4. The molecule has 0 saturated heterocycles. The molecule has 0 saturated carbocycles. The molecule has 63 heavy (non-hydrogen) atoms. The lowest BCUT2D eigenvalue weighted by Crippen LogP contribution is -2.66. The monoisotopic (exact) mass is 903 g/mol. The maximum Gasteiger partial charge on any atom is 0.261 e. The average Bonchev–Trinajstić information content (AvgIpc) is 3.18. The maximum absolute atomic E-state index is 7.53. The van der Waals surface area contributed by atoms with Crippen LogP contribution in [0.3, 0.4) is 0 Å². The van der Waals surface area contributed by atoms with Crippen molar-refractivity contribution >= 4 is 42.2 Å². The molecule has 5 aromatic rings. The van der Waals surface area contributed by atoms with E-state index in [2.05, 4.69) is 227 Å². The fraction of sp³-hybridized carbons (Fsp3) is 0.474. The molecule has 0 unspecified atom stereocenters. The molecule has 5 aromatic carbocycles. The van der Waals surface area contributed by atoms with Crippen molar-refractivity contribution in [3.05, 3.63) is 149 Å². The van der Waals surface area contributed by atoms with Gasteiger partial charge in [-0.25, -0.2) is 0 Å². The maximum atomic E-state index is 7.53. The fourth-order valence-corrected chi connectivity index (χ4v) is 16.1. The summed E-state index contributed by atoms with van der Waals surface area (Å²) >= 11 is 3.91. The number of benzene rings is 5. The Morgan fingerprint density at radius 1 is 0.508 bits per heavy atom. The van der Waals surface area contributed by atoms with Crippen LogP contribution in [0.4, 0.5) is 0 Å². The van der Waals surface area contributed by atoms with Crippen molar-refractivity contribution in [2.75, 3.05) is 13.4 Å². The predicted octanol–water partition coefficient (Wildman–Crippen LogP) is 15.3. The summed E-state index contributed by atoms with van der Waals surface area (Å²) in [5.41, 5.74) is 7.34. The van der Waals surface area contributed by atoms with E-state index in [1.54, 1.807) is 0 Å². The van der Waals surface area contributed by atoms with E-state index in [0.29, 0.717) is 13.2 Å². The van der Waals surface area contributed by atoms with Crippen LogP contribution in [-0.4, -0.2) is 25.8 Å². The molecule has 0 aromatic heterocycles. The molecule has 0 fully saturated rings. The van der Waals surface area contributed by atoms with Crippen molar-refractivity contribution in [3.8, 4) is 5.75 Å². The van der Waals surface area contributed by atoms with Gasteiger partial charge in [0.05, 0.1) is 10.7 Å². The van der Waals surface area contributed by atoms with E-state index in [9.17, 15) is 0 Å². The third-order valence-corrected chi connectivity index (χ3v) is 19.7. The van der Waals surface area contributed by atoms with Crippen molar-refractivity contribution in [3.63, 3.8) is 0 Å². The Kier molecular flexibility index (Phi) is 15.9. The smallest absolute Gasteiger partial charge is 0.261 e. The molecule has 340 valence electrons. The minimum absolute atomic E-state index is 0.0433. The third-order valence-electron chi connectivity index (χ3n) is 12.2. The minimum atomic E-state index is -2.74. The van der Waals surface area contributed by atoms with Gasteiger partial charge in [-0.2, -0.15) is 0 Å². The molecule has 0 aliphatic heterocycles. The van der Waals surface area contributed by atoms with Crippen LogP contribution in [0.5, 0.6) is 5.75 Å². The topological polar surface area (TPSA) is 27.7 Å². The number of thioether (sulfide) groups is 2. The van der Waals surface area contributed by atoms with Gasteiger partial charge in [0.1, 0.15) is 5.75 Å². The van der Waals surface area contributed by atoms with E-state index in [4.69, 9.17) is 13.9 Å². The first-order valence-electron chi connectivity index (χ1n) is 22.9. The zero-order chi connectivity index (χ0) is 46.6. The lowest BCUT2D eigenvalue weighted by Gasteiger charge is -2.43. The molecule has 0 spiro atoms. The van der Waals surface area contributed by atoms with E-state index in [0.717, 1.165) is 17.7 Å². The number of hydrogen-bond donors (Lipinski definition) is 0. The number of rotatable bonds is 16. The molecule has 0 bridgehead atoms. The molecule has 6 heteroatoms. The molecule has 5 rings (SSSR count). The highest BCUT2D eigenvalue weighted by Crippen LogP contribution is 2.51. The normalized spacial score (nSPS) is 13.3. The molecule has 0 aliphatic rings. The van der Waals surface area contributed by atoms with Gasteiger partial charge in [0, 0.05) is 27.5 Å². The minimum Gasteiger partial charge on any atom is -0.467 e. The Labute approximate surface area is 393 Å². The van der Waals surface area contributed by atoms with Crippen LogP contribution in [0.2, 0.25) is 5.04 Å². The van der Waals surface area contributed by atoms with E-state index < -0.39 is 8.32 Å². The molecular formula is C57H78O3S2Si. The van der Waals surface area contributed by atoms with Gasteiger partial charge in [-0.05, 0) is 111 Å². The average molecular weight is 903 g/mol. The second-order valence-corrected chi connectivity index (χ2v) is 30.5. The predicted molar refractivity (Wildman–Crippen MR) is 277 cm³/mol. The van der Waals surface area contributed by atoms with Crippen LogP contribution in [0.15, 0.2) is 125 Å². The zero-order valence-electron chi connectivity index (χ0n) is 41.8. The summed E-state index contributed by atoms with van der Waals surface area (Å²) in [6.07, 6.45) is 0.809. The Morgan fingerprint density at radius 3 is 1.35 bits per heavy atom. The fourth-order valence-electron chi connectivity index (χ4n) is 8.96. The largest absolute Gasteiger partial charge is 0.467 e. The SMILES string of the molecule is Cc1c(C(C)(C)C)cc(SC(C)(C)Sc2cc(C(C)(C)C)c(OCOCc3ccccc3)c(C(C)(C)CCO[Si](c3ccccc3)(c3ccccc3)C(C)(C)C)c2)cc1C(C)(C)C. The van der Waals surface area contributed by atoms with E-state index >= 15 is 0 Å². The highest BCUT2D eigenvalue weighted by Gasteiger charge is 2.50. The van der Waals surface area contributed by atoms with Gasteiger partial charge in [-0.3, -0.25) is 0 Å². The van der Waals surface area contributed by atoms with Crippen LogP contribution in [0.25, 0.3) is 0 Å². The van der Waals surface area contributed by atoms with Crippen LogP contribution in [0.1, 0.15) is 151 Å². The van der Waals surface area contributed by atoms with Crippen LogP contribution < -0.4 is 15.1 Å². The van der Waals surface area contributed by atoms with Crippen molar-refractivity contribution in [2.45, 2.75) is 171 Å². The lowest BCUT2D eigenvalue weighted by atomic mass is 9.77. The Balaban J connectivity index is 1.56. The van der Waals surface area contributed by atoms with Gasteiger partial charge in [0.2, 0.25) is 0 Å². The van der Waals surface area contributed by atoms with Crippen LogP contribution in [-0.2, 0) is 37.4 Å². The highest BCUT2D eigenvalue weighted by molar-refractivity contribution is 8.18. The molecule has 0 aliphatic carbocycles. The molecule has 0 atom stereocenters. The van der Waals surface area contributed by atoms with Crippen molar-refractivity contribution < 1.29 is 13.9 Å². The second-order valence-electron chi connectivity index (χ2n) is 22.6. The zero-order valence-corrected chi connectivity index (χ0v) is 44.5. The van der Waals surface area contributed by atoms with Crippen molar-refractivity contribution in [2.24, 2.45) is 0 Å². The first-order chi connectivity index (χ1) is 29.2. The number of hydrogen-bond acceptors (Lipinski definition) is 5. The quantitative estimate of drug-likeness (QED) is 0.0426. The molecule has 0 amide bonds. The molecule has 0 heterocycles. The van der Waals surface area contributed by atoms with E-state index in [-0.39, 0.29) is 37.6 Å². The Bertz CT molecular complexity index is 2180. The summed E-state index contributed by atoms with van der Waals surface area (Å²) in [4.78, 5) is 2.56. The molecule has 3 nitrogen and oxygen atoms in total. The molecule has 0 N–H and O–H groups in total. The highest BCUT2D eigenvalue weighted by atomic mass is 32.2. The summed E-state index contributed by atoms with van der Waals surface area (Å²) in [5, 5.41) is 2.49. The van der Waals surface area contributed by atoms with Gasteiger partial charge in [0.25, 0.3) is 8.32 Å². The molecular weight excluding hydrogens is 825 g/mol. The summed E-state index contributed by atoms with van der Waals surface area (Å²) in [7, 11) is -2.74. The molecule has 0 radical (unpaired) electrons. The first kappa shape index (κ1) is 50.7. The lowest BCUT2D eigenvalue weighted by molar-refractivity contribution is 0.00297. The second kappa shape index (κ2) is 19.7. The van der Waals surface area contributed by atoms with Crippen molar-refractivity contribution in [1.29, 1.82) is 0 Å². The van der Waals surface area contributed by atoms with Crippen molar-refractivity contribution in [1.82, 2.24) is 0 Å². The van der Waals surface area contributed by atoms with Gasteiger partial charge < -0.3 is 13.9 Å². The van der Waals surface area contributed by atoms with E-state index in [1.165, 1.54) is 48.0 Å². The Hall–Kier alpha value is -3.26. The summed E-state index contributed by atoms with van der Waals surface area (Å²) in [5.74, 6) is 0.920. The van der Waals surface area contributed by atoms with Crippen LogP contribution >= 0.6 is 23.5 Å². The van der Waals surface area contributed by atoms with Crippen LogP contribution in [0, 0.1) is 6.92 Å². The van der Waals surface area contributed by atoms with Gasteiger partial charge in [0.15, 0.2) is 6.79 Å². The number of ether oxygens (including phenoxy) is 2. The Morgan fingerprint density at radius 2 is 0.921 bits per heavy atom. The van der Waals surface area contributed by atoms with Gasteiger partial charge in [-0.1, -0.05) is 188 Å². The van der Waals surface area contributed by atoms with E-state index in [1.807, 2.05) is 29.6 Å². The van der Waals surface area contributed by atoms with Gasteiger partial charge >= 0.3 is 0 Å². The standard InChI is InChI=1S/C57H78O3S2Si/c1-41-47(52(2,3)4)35-43(36-48(41)53(5,6)7)61-57(16,17)62-44-37-49(54(8,9)10)51(59-40-58-39-42-27-21-18-22-28-42)50(38-44)56(14,15)33-34-60-63(55(11,12)13,45-29-23-19-24-30-45)46-31-25-20-26-32-46/h18-32,35-38H,33-34,39-40H2,1-17H3. The third kappa shape index (κ3) is 12.6.